The molecule has 1 unspecified atom stereocenters. The van der Waals surface area contributed by atoms with Gasteiger partial charge in [0.15, 0.2) is 0 Å². The summed E-state index contributed by atoms with van der Waals surface area (Å²) in [6, 6.07) is 8.21. The third-order valence-corrected chi connectivity index (χ3v) is 4.05. The Labute approximate surface area is 115 Å². The van der Waals surface area contributed by atoms with Gasteiger partial charge in [-0.05, 0) is 36.3 Å². The molecule has 0 fully saturated rings. The van der Waals surface area contributed by atoms with Gasteiger partial charge in [0.1, 0.15) is 0 Å². The number of nitrogens with one attached hydrogen (secondary N) is 1. The molecule has 1 amide bonds. The Kier molecular flexibility index (Phi) is 4.59. The van der Waals surface area contributed by atoms with E-state index >= 15 is 0 Å². The third kappa shape index (κ3) is 3.35. The van der Waals surface area contributed by atoms with E-state index in [9.17, 15) is 9.90 Å². The quantitative estimate of drug-likeness (QED) is 0.870. The number of hydrogen-bond acceptors (Lipinski definition) is 2. The molecule has 1 aromatic carbocycles. The first kappa shape index (κ1) is 14.1. The molecule has 1 aromatic rings. The van der Waals surface area contributed by atoms with E-state index in [1.165, 1.54) is 11.1 Å². The SMILES string of the molecule is CC(C)[C@@H](CO)NC(=O)C1CCc2ccccc2C1. The number of rotatable bonds is 4. The zero-order valence-electron chi connectivity index (χ0n) is 11.7. The molecule has 0 heterocycles. The predicted molar refractivity (Wildman–Crippen MR) is 75.8 cm³/mol. The maximum atomic E-state index is 12.3. The molecule has 0 radical (unpaired) electrons. The summed E-state index contributed by atoms with van der Waals surface area (Å²) in [4.78, 5) is 12.3. The van der Waals surface area contributed by atoms with Crippen molar-refractivity contribution in [1.82, 2.24) is 5.32 Å². The minimum atomic E-state index is -0.135. The molecule has 1 aliphatic carbocycles. The van der Waals surface area contributed by atoms with Gasteiger partial charge in [0, 0.05) is 5.92 Å². The largest absolute Gasteiger partial charge is 0.394 e. The fourth-order valence-corrected chi connectivity index (χ4v) is 2.65. The van der Waals surface area contributed by atoms with E-state index in [4.69, 9.17) is 0 Å². The number of amides is 1. The van der Waals surface area contributed by atoms with E-state index in [1.807, 2.05) is 19.9 Å². The van der Waals surface area contributed by atoms with Crippen molar-refractivity contribution >= 4 is 5.91 Å². The fourth-order valence-electron chi connectivity index (χ4n) is 2.65. The second-order valence-corrected chi connectivity index (χ2v) is 5.75. The van der Waals surface area contributed by atoms with Crippen LogP contribution in [0.25, 0.3) is 0 Å². The summed E-state index contributed by atoms with van der Waals surface area (Å²) in [7, 11) is 0. The Bertz CT molecular complexity index is 442. The van der Waals surface area contributed by atoms with Crippen LogP contribution in [0.5, 0.6) is 0 Å². The number of aliphatic hydroxyl groups is 1. The fraction of sp³-hybridized carbons (Fsp3) is 0.562. The first-order valence-corrected chi connectivity index (χ1v) is 7.09. The summed E-state index contributed by atoms with van der Waals surface area (Å²) < 4.78 is 0. The van der Waals surface area contributed by atoms with Crippen LogP contribution in [-0.2, 0) is 17.6 Å². The first-order chi connectivity index (χ1) is 9.11. The summed E-state index contributed by atoms with van der Waals surface area (Å²) in [5.41, 5.74) is 2.66. The lowest BCUT2D eigenvalue weighted by Crippen LogP contribution is -2.45. The van der Waals surface area contributed by atoms with E-state index in [0.717, 1.165) is 19.3 Å². The molecule has 104 valence electrons. The van der Waals surface area contributed by atoms with Gasteiger partial charge in [0.2, 0.25) is 5.91 Å². The molecule has 0 bridgehead atoms. The highest BCUT2D eigenvalue weighted by atomic mass is 16.3. The van der Waals surface area contributed by atoms with Crippen LogP contribution < -0.4 is 5.32 Å². The number of aliphatic hydroxyl groups excluding tert-OH is 1. The molecule has 1 aliphatic rings. The van der Waals surface area contributed by atoms with Crippen LogP contribution in [0.3, 0.4) is 0 Å². The van der Waals surface area contributed by atoms with Crippen LogP contribution in [0.1, 0.15) is 31.4 Å². The Hall–Kier alpha value is -1.35. The summed E-state index contributed by atoms with van der Waals surface area (Å²) in [5.74, 6) is 0.384. The average Bonchev–Trinajstić information content (AvgIpc) is 2.43. The van der Waals surface area contributed by atoms with Crippen LogP contribution >= 0.6 is 0 Å². The molecule has 0 spiro atoms. The second-order valence-electron chi connectivity index (χ2n) is 5.75. The van der Waals surface area contributed by atoms with Gasteiger partial charge in [0.25, 0.3) is 0 Å². The van der Waals surface area contributed by atoms with Gasteiger partial charge in [0.05, 0.1) is 12.6 Å². The Balaban J connectivity index is 1.99. The van der Waals surface area contributed by atoms with Crippen molar-refractivity contribution in [3.05, 3.63) is 35.4 Å². The van der Waals surface area contributed by atoms with Crippen LogP contribution in [0.15, 0.2) is 24.3 Å². The minimum Gasteiger partial charge on any atom is -0.394 e. The van der Waals surface area contributed by atoms with Crippen LogP contribution in [0.4, 0.5) is 0 Å². The van der Waals surface area contributed by atoms with Crippen molar-refractivity contribution in [2.45, 2.75) is 39.2 Å². The number of fused-ring (bicyclic) bond motifs is 1. The van der Waals surface area contributed by atoms with Crippen molar-refractivity contribution in [2.24, 2.45) is 11.8 Å². The minimum absolute atomic E-state index is 0.00666. The summed E-state index contributed by atoms with van der Waals surface area (Å²) >= 11 is 0. The van der Waals surface area contributed by atoms with E-state index in [-0.39, 0.29) is 30.4 Å². The Morgan fingerprint density at radius 1 is 1.37 bits per heavy atom. The highest BCUT2D eigenvalue weighted by Crippen LogP contribution is 2.25. The maximum Gasteiger partial charge on any atom is 0.223 e. The standard InChI is InChI=1S/C16H23NO2/c1-11(2)15(10-18)17-16(19)14-8-7-12-5-3-4-6-13(12)9-14/h3-6,11,14-15,18H,7-10H2,1-2H3,(H,17,19)/t14?,15-/m1/s1. The van der Waals surface area contributed by atoms with E-state index in [1.54, 1.807) is 0 Å². The van der Waals surface area contributed by atoms with Crippen LogP contribution in [0.2, 0.25) is 0 Å². The molecule has 19 heavy (non-hydrogen) atoms. The summed E-state index contributed by atoms with van der Waals surface area (Å²) in [6.07, 6.45) is 2.69. The van der Waals surface area contributed by atoms with Gasteiger partial charge in [-0.2, -0.15) is 0 Å². The van der Waals surface area contributed by atoms with Gasteiger partial charge >= 0.3 is 0 Å². The third-order valence-electron chi connectivity index (χ3n) is 4.05. The average molecular weight is 261 g/mol. The molecule has 0 saturated heterocycles. The molecule has 3 heteroatoms. The molecular weight excluding hydrogens is 238 g/mol. The van der Waals surface area contributed by atoms with Gasteiger partial charge in [-0.1, -0.05) is 38.1 Å². The summed E-state index contributed by atoms with van der Waals surface area (Å²) in [6.45, 7) is 4.03. The van der Waals surface area contributed by atoms with Crippen LogP contribution in [0, 0.1) is 11.8 Å². The highest BCUT2D eigenvalue weighted by Gasteiger charge is 2.26. The number of carbonyl (C=O) groups is 1. The smallest absolute Gasteiger partial charge is 0.223 e. The lowest BCUT2D eigenvalue weighted by Gasteiger charge is -2.27. The van der Waals surface area contributed by atoms with Gasteiger partial charge in [-0.3, -0.25) is 4.79 Å². The monoisotopic (exact) mass is 261 g/mol. The van der Waals surface area contributed by atoms with E-state index < -0.39 is 0 Å². The van der Waals surface area contributed by atoms with Gasteiger partial charge in [-0.15, -0.1) is 0 Å². The molecule has 3 nitrogen and oxygen atoms in total. The van der Waals surface area contributed by atoms with Gasteiger partial charge in [-0.25, -0.2) is 0 Å². The molecule has 2 atom stereocenters. The van der Waals surface area contributed by atoms with Crippen LogP contribution in [-0.4, -0.2) is 23.7 Å². The summed E-state index contributed by atoms with van der Waals surface area (Å²) in [5, 5.41) is 12.3. The lowest BCUT2D eigenvalue weighted by molar-refractivity contribution is -0.126. The maximum absolute atomic E-state index is 12.3. The van der Waals surface area contributed by atoms with Crippen molar-refractivity contribution in [2.75, 3.05) is 6.61 Å². The number of aryl methyl sites for hydroxylation is 1. The highest BCUT2D eigenvalue weighted by molar-refractivity contribution is 5.79. The molecule has 0 aliphatic heterocycles. The first-order valence-electron chi connectivity index (χ1n) is 7.09. The molecule has 2 N–H and O–H groups in total. The molecule has 0 aromatic heterocycles. The predicted octanol–water partition coefficient (Wildman–Crippen LogP) is 1.92. The normalized spacial score (nSPS) is 19.9. The zero-order chi connectivity index (χ0) is 13.8. The molecule has 0 saturated carbocycles. The Morgan fingerprint density at radius 3 is 2.68 bits per heavy atom. The van der Waals surface area contributed by atoms with Crippen molar-refractivity contribution in [1.29, 1.82) is 0 Å². The number of hydrogen-bond donors (Lipinski definition) is 2. The topological polar surface area (TPSA) is 49.3 Å². The van der Waals surface area contributed by atoms with Crippen molar-refractivity contribution < 1.29 is 9.90 Å². The zero-order valence-corrected chi connectivity index (χ0v) is 11.7. The molecular formula is C16H23NO2. The van der Waals surface area contributed by atoms with Crippen molar-refractivity contribution in [3.63, 3.8) is 0 Å². The van der Waals surface area contributed by atoms with E-state index in [2.05, 4.69) is 23.5 Å². The Morgan fingerprint density at radius 2 is 2.05 bits per heavy atom. The van der Waals surface area contributed by atoms with E-state index in [0.29, 0.717) is 0 Å². The van der Waals surface area contributed by atoms with Crippen molar-refractivity contribution in [3.8, 4) is 0 Å². The lowest BCUT2D eigenvalue weighted by atomic mass is 9.83. The molecule has 2 rings (SSSR count). The van der Waals surface area contributed by atoms with Gasteiger partial charge < -0.3 is 10.4 Å². The number of benzene rings is 1. The number of carbonyl (C=O) groups excluding carboxylic acids is 1. The second kappa shape index (κ2) is 6.20.